The molecule has 2 atom stereocenters. The van der Waals surface area contributed by atoms with Gasteiger partial charge in [0.15, 0.2) is 0 Å². The summed E-state index contributed by atoms with van der Waals surface area (Å²) < 4.78 is 7.24. The van der Waals surface area contributed by atoms with Gasteiger partial charge in [0.1, 0.15) is 5.60 Å². The number of carbonyl (C=O) groups excluding carboxylic acids is 2. The number of aromatic nitrogens is 2. The van der Waals surface area contributed by atoms with E-state index in [1.54, 1.807) is 15.8 Å². The van der Waals surface area contributed by atoms with Gasteiger partial charge in [0, 0.05) is 44.3 Å². The number of nitrogens with zero attached hydrogens (tertiary/aromatic N) is 4. The molecule has 0 aliphatic carbocycles. The molecule has 0 unspecified atom stereocenters. The van der Waals surface area contributed by atoms with Crippen LogP contribution in [0.2, 0.25) is 0 Å². The normalized spacial score (nSPS) is 21.4. The second-order valence-electron chi connectivity index (χ2n) is 7.92. The first-order valence-corrected chi connectivity index (χ1v) is 8.85. The first-order valence-electron chi connectivity index (χ1n) is 8.85. The lowest BCUT2D eigenvalue weighted by atomic mass is 10.1. The molecular weight excluding hydrogens is 320 g/mol. The van der Waals surface area contributed by atoms with Crippen LogP contribution < -0.4 is 0 Å². The minimum atomic E-state index is -0.515. The molecule has 25 heavy (non-hydrogen) atoms. The summed E-state index contributed by atoms with van der Waals surface area (Å²) in [6.45, 7) is 13.0. The minimum Gasteiger partial charge on any atom is -0.444 e. The maximum absolute atomic E-state index is 12.7. The molecule has 0 radical (unpaired) electrons. The van der Waals surface area contributed by atoms with Gasteiger partial charge >= 0.3 is 6.09 Å². The van der Waals surface area contributed by atoms with Crippen molar-refractivity contribution in [3.05, 3.63) is 18.0 Å². The third kappa shape index (κ3) is 5.21. The van der Waals surface area contributed by atoms with E-state index in [1.165, 1.54) is 0 Å². The highest BCUT2D eigenvalue weighted by Gasteiger charge is 2.36. The van der Waals surface area contributed by atoms with Crippen LogP contribution in [-0.4, -0.2) is 62.4 Å². The van der Waals surface area contributed by atoms with Gasteiger partial charge in [0.2, 0.25) is 5.91 Å². The predicted octanol–water partition coefficient (Wildman–Crippen LogP) is 2.44. The Kier molecular flexibility index (Phi) is 5.75. The fourth-order valence-corrected chi connectivity index (χ4v) is 3.22. The van der Waals surface area contributed by atoms with Crippen molar-refractivity contribution in [2.45, 2.75) is 72.2 Å². The SMILES string of the molecule is Cc1cnn(CCC(=O)N2[C@H](C)CN(C(=O)OC(C)(C)C)C[C@@H]2C)c1. The highest BCUT2D eigenvalue weighted by Crippen LogP contribution is 2.20. The van der Waals surface area contributed by atoms with Crippen LogP contribution in [-0.2, 0) is 16.1 Å². The first kappa shape index (κ1) is 19.3. The molecule has 0 N–H and O–H groups in total. The number of amides is 2. The molecule has 2 rings (SSSR count). The smallest absolute Gasteiger partial charge is 0.410 e. The summed E-state index contributed by atoms with van der Waals surface area (Å²) in [5.41, 5.74) is 0.568. The molecule has 1 aromatic heterocycles. The van der Waals surface area contributed by atoms with Gasteiger partial charge in [-0.15, -0.1) is 0 Å². The molecule has 0 aromatic carbocycles. The Hall–Kier alpha value is -2.05. The third-order valence-corrected chi connectivity index (χ3v) is 4.18. The van der Waals surface area contributed by atoms with Gasteiger partial charge in [-0.3, -0.25) is 9.48 Å². The van der Waals surface area contributed by atoms with Gasteiger partial charge < -0.3 is 14.5 Å². The zero-order valence-corrected chi connectivity index (χ0v) is 16.2. The molecule has 1 aliphatic rings. The number of carbonyl (C=O) groups is 2. The summed E-state index contributed by atoms with van der Waals surface area (Å²) in [6.07, 6.45) is 3.81. The van der Waals surface area contributed by atoms with E-state index in [9.17, 15) is 9.59 Å². The summed E-state index contributed by atoms with van der Waals surface area (Å²) in [7, 11) is 0. The summed E-state index contributed by atoms with van der Waals surface area (Å²) in [5.74, 6) is 0.0944. The number of aryl methyl sites for hydroxylation is 2. The molecule has 140 valence electrons. The quantitative estimate of drug-likeness (QED) is 0.840. The molecule has 1 aromatic rings. The number of ether oxygens (including phenoxy) is 1. The van der Waals surface area contributed by atoms with Gasteiger partial charge in [-0.25, -0.2) is 4.79 Å². The minimum absolute atomic E-state index is 0.0388. The average molecular weight is 350 g/mol. The lowest BCUT2D eigenvalue weighted by Crippen LogP contribution is -2.60. The van der Waals surface area contributed by atoms with Crippen molar-refractivity contribution in [1.82, 2.24) is 19.6 Å². The van der Waals surface area contributed by atoms with E-state index in [0.717, 1.165) is 5.56 Å². The molecule has 7 heteroatoms. The van der Waals surface area contributed by atoms with E-state index in [1.807, 2.05) is 52.6 Å². The van der Waals surface area contributed by atoms with E-state index >= 15 is 0 Å². The molecule has 0 spiro atoms. The predicted molar refractivity (Wildman–Crippen MR) is 95.2 cm³/mol. The largest absolute Gasteiger partial charge is 0.444 e. The highest BCUT2D eigenvalue weighted by molar-refractivity contribution is 5.77. The molecule has 2 heterocycles. The van der Waals surface area contributed by atoms with Crippen molar-refractivity contribution < 1.29 is 14.3 Å². The molecule has 0 saturated carbocycles. The molecular formula is C18H30N4O3. The number of hydrogen-bond acceptors (Lipinski definition) is 4. The Morgan fingerprint density at radius 1 is 1.24 bits per heavy atom. The fraction of sp³-hybridized carbons (Fsp3) is 0.722. The van der Waals surface area contributed by atoms with Crippen LogP contribution in [0.5, 0.6) is 0 Å². The lowest BCUT2D eigenvalue weighted by molar-refractivity contribution is -0.139. The van der Waals surface area contributed by atoms with Gasteiger partial charge in [-0.1, -0.05) is 0 Å². The Morgan fingerprint density at radius 2 is 1.84 bits per heavy atom. The van der Waals surface area contributed by atoms with Crippen molar-refractivity contribution in [2.75, 3.05) is 13.1 Å². The maximum Gasteiger partial charge on any atom is 0.410 e. The van der Waals surface area contributed by atoms with Crippen molar-refractivity contribution >= 4 is 12.0 Å². The molecule has 1 aliphatic heterocycles. The van der Waals surface area contributed by atoms with E-state index in [2.05, 4.69) is 5.10 Å². The van der Waals surface area contributed by atoms with Crippen molar-refractivity contribution in [1.29, 1.82) is 0 Å². The van der Waals surface area contributed by atoms with E-state index in [0.29, 0.717) is 26.1 Å². The van der Waals surface area contributed by atoms with E-state index in [-0.39, 0.29) is 24.1 Å². The van der Waals surface area contributed by atoms with E-state index < -0.39 is 5.60 Å². The Bertz CT molecular complexity index is 608. The van der Waals surface area contributed by atoms with E-state index in [4.69, 9.17) is 4.74 Å². The molecule has 0 bridgehead atoms. The van der Waals surface area contributed by atoms with Crippen molar-refractivity contribution in [3.63, 3.8) is 0 Å². The van der Waals surface area contributed by atoms with Crippen LogP contribution in [0.4, 0.5) is 4.79 Å². The Balaban J connectivity index is 1.92. The highest BCUT2D eigenvalue weighted by atomic mass is 16.6. The van der Waals surface area contributed by atoms with Gasteiger partial charge in [0.25, 0.3) is 0 Å². The van der Waals surface area contributed by atoms with Crippen LogP contribution in [0, 0.1) is 6.92 Å². The molecule has 7 nitrogen and oxygen atoms in total. The lowest BCUT2D eigenvalue weighted by Gasteiger charge is -2.44. The standard InChI is InChI=1S/C18H30N4O3/c1-13-9-19-21(10-13)8-7-16(23)22-14(2)11-20(12-15(22)3)17(24)25-18(4,5)6/h9-10,14-15H,7-8,11-12H2,1-6H3/t14-,15+. The number of rotatable bonds is 3. The topological polar surface area (TPSA) is 67.7 Å². The summed E-state index contributed by atoms with van der Waals surface area (Å²) >= 11 is 0. The Morgan fingerprint density at radius 3 is 2.32 bits per heavy atom. The summed E-state index contributed by atoms with van der Waals surface area (Å²) in [6, 6.07) is -0.0775. The zero-order valence-electron chi connectivity index (χ0n) is 16.2. The number of hydrogen-bond donors (Lipinski definition) is 0. The molecule has 1 fully saturated rings. The molecule has 1 saturated heterocycles. The third-order valence-electron chi connectivity index (χ3n) is 4.18. The molecule has 2 amide bonds. The maximum atomic E-state index is 12.7. The Labute approximate surface area is 149 Å². The van der Waals surface area contributed by atoms with Gasteiger partial charge in [0.05, 0.1) is 6.20 Å². The second-order valence-corrected chi connectivity index (χ2v) is 7.92. The van der Waals surface area contributed by atoms with Crippen LogP contribution in [0.1, 0.15) is 46.6 Å². The van der Waals surface area contributed by atoms with Crippen LogP contribution in [0.15, 0.2) is 12.4 Å². The summed E-state index contributed by atoms with van der Waals surface area (Å²) in [5, 5.41) is 4.22. The summed E-state index contributed by atoms with van der Waals surface area (Å²) in [4.78, 5) is 28.5. The monoisotopic (exact) mass is 350 g/mol. The average Bonchev–Trinajstić information content (AvgIpc) is 2.88. The van der Waals surface area contributed by atoms with Crippen LogP contribution >= 0.6 is 0 Å². The zero-order chi connectivity index (χ0) is 18.8. The fourth-order valence-electron chi connectivity index (χ4n) is 3.22. The van der Waals surface area contributed by atoms with Gasteiger partial charge in [-0.2, -0.15) is 5.10 Å². The first-order chi connectivity index (χ1) is 11.6. The number of piperazine rings is 1. The van der Waals surface area contributed by atoms with Crippen molar-refractivity contribution in [2.24, 2.45) is 0 Å². The van der Waals surface area contributed by atoms with Crippen LogP contribution in [0.25, 0.3) is 0 Å². The van der Waals surface area contributed by atoms with Crippen molar-refractivity contribution in [3.8, 4) is 0 Å². The van der Waals surface area contributed by atoms with Crippen LogP contribution in [0.3, 0.4) is 0 Å². The second kappa shape index (κ2) is 7.45. The van der Waals surface area contributed by atoms with Gasteiger partial charge in [-0.05, 0) is 47.1 Å².